The third kappa shape index (κ3) is 1.08. The van der Waals surface area contributed by atoms with Gasteiger partial charge in [0, 0.05) is 24.8 Å². The Morgan fingerprint density at radius 1 is 1.42 bits per heavy atom. The molecule has 1 N–H and O–H groups in total. The van der Waals surface area contributed by atoms with E-state index in [9.17, 15) is 8.78 Å². The molecule has 0 radical (unpaired) electrons. The predicted molar refractivity (Wildman–Crippen MR) is 39.9 cm³/mol. The number of pyridine rings is 1. The van der Waals surface area contributed by atoms with E-state index >= 15 is 0 Å². The van der Waals surface area contributed by atoms with Gasteiger partial charge in [-0.3, -0.25) is 4.98 Å². The Bertz CT molecular complexity index is 297. The number of nitrogens with zero attached hydrogens (tertiary/aromatic N) is 1. The SMILES string of the molecule is Fc1cncc(C2(F)CNC2)c1. The van der Waals surface area contributed by atoms with Crippen molar-refractivity contribution in [3.05, 3.63) is 29.8 Å². The van der Waals surface area contributed by atoms with Gasteiger partial charge in [0.1, 0.15) is 5.82 Å². The zero-order valence-electron chi connectivity index (χ0n) is 6.35. The van der Waals surface area contributed by atoms with Crippen molar-refractivity contribution in [3.8, 4) is 0 Å². The summed E-state index contributed by atoms with van der Waals surface area (Å²) in [5.74, 6) is -0.489. The third-order valence-corrected chi connectivity index (χ3v) is 2.03. The standard InChI is InChI=1S/C8H8F2N2/c9-7-1-6(2-11-3-7)8(10)4-12-5-8/h1-3,12H,4-5H2. The summed E-state index contributed by atoms with van der Waals surface area (Å²) in [6.45, 7) is 0.496. The van der Waals surface area contributed by atoms with Crippen LogP contribution >= 0.6 is 0 Å². The topological polar surface area (TPSA) is 24.9 Å². The highest BCUT2D eigenvalue weighted by atomic mass is 19.1. The third-order valence-electron chi connectivity index (χ3n) is 2.03. The fourth-order valence-corrected chi connectivity index (χ4v) is 1.21. The minimum absolute atomic E-state index is 0.248. The van der Waals surface area contributed by atoms with E-state index in [2.05, 4.69) is 10.3 Å². The molecule has 1 aliphatic rings. The van der Waals surface area contributed by atoms with Crippen LogP contribution in [0.5, 0.6) is 0 Å². The second-order valence-electron chi connectivity index (χ2n) is 2.96. The maximum Gasteiger partial charge on any atom is 0.162 e. The van der Waals surface area contributed by atoms with Crippen molar-refractivity contribution >= 4 is 0 Å². The Balaban J connectivity index is 2.33. The average molecular weight is 170 g/mol. The molecule has 1 aromatic rings. The predicted octanol–water partition coefficient (Wildman–Crippen LogP) is 0.989. The van der Waals surface area contributed by atoms with E-state index in [-0.39, 0.29) is 13.1 Å². The van der Waals surface area contributed by atoms with Crippen molar-refractivity contribution in [2.45, 2.75) is 5.67 Å². The fraction of sp³-hybridized carbons (Fsp3) is 0.375. The van der Waals surface area contributed by atoms with Crippen LogP contribution < -0.4 is 5.32 Å². The van der Waals surface area contributed by atoms with Crippen LogP contribution in [-0.4, -0.2) is 18.1 Å². The summed E-state index contributed by atoms with van der Waals surface area (Å²) < 4.78 is 26.2. The quantitative estimate of drug-likeness (QED) is 0.679. The molecule has 0 amide bonds. The Hall–Kier alpha value is -1.03. The molecule has 2 heterocycles. The Labute approximate surface area is 68.6 Å². The largest absolute Gasteiger partial charge is 0.310 e. The molecule has 1 aliphatic heterocycles. The van der Waals surface area contributed by atoms with Crippen molar-refractivity contribution < 1.29 is 8.78 Å². The number of halogens is 2. The molecule has 2 nitrogen and oxygen atoms in total. The molecule has 0 saturated carbocycles. The average Bonchev–Trinajstić information content (AvgIpc) is 2.00. The number of alkyl halides is 1. The maximum atomic E-state index is 13.5. The van der Waals surface area contributed by atoms with Crippen LogP contribution in [0.3, 0.4) is 0 Å². The van der Waals surface area contributed by atoms with Crippen LogP contribution in [0.4, 0.5) is 8.78 Å². The van der Waals surface area contributed by atoms with Crippen molar-refractivity contribution in [1.82, 2.24) is 10.3 Å². The second kappa shape index (κ2) is 2.48. The van der Waals surface area contributed by atoms with Gasteiger partial charge in [-0.2, -0.15) is 0 Å². The molecule has 0 aromatic carbocycles. The Morgan fingerprint density at radius 2 is 2.17 bits per heavy atom. The summed E-state index contributed by atoms with van der Waals surface area (Å²) in [6.07, 6.45) is 2.43. The Kier molecular flexibility index (Phi) is 1.58. The molecule has 0 spiro atoms. The van der Waals surface area contributed by atoms with Gasteiger partial charge in [0.2, 0.25) is 0 Å². The van der Waals surface area contributed by atoms with Crippen molar-refractivity contribution in [2.24, 2.45) is 0 Å². The van der Waals surface area contributed by atoms with Gasteiger partial charge in [0.05, 0.1) is 6.20 Å². The van der Waals surface area contributed by atoms with E-state index in [1.165, 1.54) is 12.3 Å². The van der Waals surface area contributed by atoms with Gasteiger partial charge >= 0.3 is 0 Å². The zero-order chi connectivity index (χ0) is 8.60. The minimum atomic E-state index is -1.41. The summed E-state index contributed by atoms with van der Waals surface area (Å²) in [5, 5.41) is 2.79. The van der Waals surface area contributed by atoms with Crippen molar-refractivity contribution in [1.29, 1.82) is 0 Å². The first-order valence-corrected chi connectivity index (χ1v) is 3.71. The van der Waals surface area contributed by atoms with E-state index < -0.39 is 11.5 Å². The van der Waals surface area contributed by atoms with Crippen LogP contribution in [0, 0.1) is 5.82 Å². The maximum absolute atomic E-state index is 13.5. The van der Waals surface area contributed by atoms with Crippen LogP contribution in [0.2, 0.25) is 0 Å². The first kappa shape index (κ1) is 7.61. The molecule has 0 unspecified atom stereocenters. The summed E-state index contributed by atoms with van der Waals surface area (Å²) in [7, 11) is 0. The number of nitrogens with one attached hydrogen (secondary N) is 1. The summed E-state index contributed by atoms with van der Waals surface area (Å²) in [6, 6.07) is 1.19. The number of hydrogen-bond acceptors (Lipinski definition) is 2. The molecule has 1 saturated heterocycles. The number of hydrogen-bond donors (Lipinski definition) is 1. The Morgan fingerprint density at radius 3 is 2.67 bits per heavy atom. The van der Waals surface area contributed by atoms with Gasteiger partial charge in [-0.05, 0) is 6.07 Å². The molecule has 4 heteroatoms. The van der Waals surface area contributed by atoms with E-state index in [0.717, 1.165) is 6.20 Å². The summed E-state index contributed by atoms with van der Waals surface area (Å²) in [5.41, 5.74) is -1.09. The normalized spacial score (nSPS) is 20.2. The van der Waals surface area contributed by atoms with Gasteiger partial charge in [0.15, 0.2) is 5.67 Å². The van der Waals surface area contributed by atoms with Gasteiger partial charge in [-0.25, -0.2) is 8.78 Å². The molecular formula is C8H8F2N2. The van der Waals surface area contributed by atoms with E-state index in [4.69, 9.17) is 0 Å². The minimum Gasteiger partial charge on any atom is -0.310 e. The van der Waals surface area contributed by atoms with Gasteiger partial charge in [0.25, 0.3) is 0 Å². The smallest absolute Gasteiger partial charge is 0.162 e. The highest BCUT2D eigenvalue weighted by Crippen LogP contribution is 2.29. The van der Waals surface area contributed by atoms with Crippen LogP contribution in [0.15, 0.2) is 18.5 Å². The van der Waals surface area contributed by atoms with E-state index in [1.807, 2.05) is 0 Å². The second-order valence-corrected chi connectivity index (χ2v) is 2.96. The van der Waals surface area contributed by atoms with E-state index in [0.29, 0.717) is 5.56 Å². The summed E-state index contributed by atoms with van der Waals surface area (Å²) in [4.78, 5) is 3.59. The van der Waals surface area contributed by atoms with Gasteiger partial charge in [-0.15, -0.1) is 0 Å². The lowest BCUT2D eigenvalue weighted by atomic mass is 9.91. The van der Waals surface area contributed by atoms with Crippen molar-refractivity contribution in [2.75, 3.05) is 13.1 Å². The zero-order valence-corrected chi connectivity index (χ0v) is 6.35. The molecular weight excluding hydrogens is 162 g/mol. The lowest BCUT2D eigenvalue weighted by Gasteiger charge is -2.34. The number of aromatic nitrogens is 1. The van der Waals surface area contributed by atoms with Crippen LogP contribution in [-0.2, 0) is 5.67 Å². The number of rotatable bonds is 1. The molecule has 1 aromatic heterocycles. The molecule has 0 atom stereocenters. The molecule has 1 fully saturated rings. The van der Waals surface area contributed by atoms with Gasteiger partial charge in [-0.1, -0.05) is 0 Å². The van der Waals surface area contributed by atoms with Crippen LogP contribution in [0.1, 0.15) is 5.56 Å². The molecule has 0 bridgehead atoms. The van der Waals surface area contributed by atoms with Crippen LogP contribution in [0.25, 0.3) is 0 Å². The first-order chi connectivity index (χ1) is 5.71. The molecule has 12 heavy (non-hydrogen) atoms. The summed E-state index contributed by atoms with van der Waals surface area (Å²) >= 11 is 0. The van der Waals surface area contributed by atoms with E-state index in [1.54, 1.807) is 0 Å². The highest BCUT2D eigenvalue weighted by molar-refractivity contribution is 5.23. The van der Waals surface area contributed by atoms with Gasteiger partial charge < -0.3 is 5.32 Å². The monoisotopic (exact) mass is 170 g/mol. The molecule has 64 valence electrons. The van der Waals surface area contributed by atoms with Crippen molar-refractivity contribution in [3.63, 3.8) is 0 Å². The lowest BCUT2D eigenvalue weighted by Crippen LogP contribution is -2.53. The fourth-order valence-electron chi connectivity index (χ4n) is 1.21. The molecule has 2 rings (SSSR count). The molecule has 0 aliphatic carbocycles. The highest BCUT2D eigenvalue weighted by Gasteiger charge is 2.39. The lowest BCUT2D eigenvalue weighted by molar-refractivity contribution is 0.0883. The first-order valence-electron chi connectivity index (χ1n) is 3.71.